The van der Waals surface area contributed by atoms with Gasteiger partial charge in [0.25, 0.3) is 0 Å². The molecule has 1 aliphatic carbocycles. The van der Waals surface area contributed by atoms with Crippen molar-refractivity contribution in [2.45, 2.75) is 89.1 Å². The molecule has 0 bridgehead atoms. The molecule has 5 nitrogen and oxygen atoms in total. The van der Waals surface area contributed by atoms with E-state index in [9.17, 15) is 5.11 Å². The summed E-state index contributed by atoms with van der Waals surface area (Å²) in [5, 5.41) is 13.9. The molecule has 1 fully saturated rings. The molecule has 1 unspecified atom stereocenters. The number of likely N-dealkylation sites (N-methyl/N-ethyl adjacent to an activating group) is 1. The lowest BCUT2D eigenvalue weighted by molar-refractivity contribution is -0.0912. The van der Waals surface area contributed by atoms with E-state index in [2.05, 4.69) is 36.5 Å². The maximum absolute atomic E-state index is 10.5. The highest BCUT2D eigenvalue weighted by Gasteiger charge is 2.45. The van der Waals surface area contributed by atoms with Crippen molar-refractivity contribution in [2.75, 3.05) is 13.7 Å². The van der Waals surface area contributed by atoms with Gasteiger partial charge >= 0.3 is 0 Å². The largest absolute Gasteiger partial charge is 0.391 e. The third kappa shape index (κ3) is 8.51. The van der Waals surface area contributed by atoms with Crippen molar-refractivity contribution in [3.05, 3.63) is 71.8 Å². The number of nitrogens with one attached hydrogen (secondary N) is 1. The Morgan fingerprint density at radius 2 is 1.45 bits per heavy atom. The summed E-state index contributed by atoms with van der Waals surface area (Å²) in [6.45, 7) is 3.61. The van der Waals surface area contributed by atoms with Crippen LogP contribution in [0.15, 0.2) is 60.7 Å². The van der Waals surface area contributed by atoms with E-state index in [1.807, 2.05) is 43.4 Å². The van der Waals surface area contributed by atoms with Gasteiger partial charge in [0.15, 0.2) is 0 Å². The van der Waals surface area contributed by atoms with Gasteiger partial charge in [-0.3, -0.25) is 0 Å². The highest BCUT2D eigenvalue weighted by atomic mass is 16.6. The van der Waals surface area contributed by atoms with E-state index in [1.165, 1.54) is 12.8 Å². The van der Waals surface area contributed by atoms with Crippen molar-refractivity contribution < 1.29 is 19.3 Å². The predicted molar refractivity (Wildman–Crippen MR) is 132 cm³/mol. The fourth-order valence-corrected chi connectivity index (χ4v) is 4.52. The van der Waals surface area contributed by atoms with Crippen molar-refractivity contribution in [1.29, 1.82) is 0 Å². The number of hydrogen-bond acceptors (Lipinski definition) is 5. The molecule has 5 heteroatoms. The minimum Gasteiger partial charge on any atom is -0.391 e. The smallest absolute Gasteiger partial charge is 0.102 e. The van der Waals surface area contributed by atoms with Gasteiger partial charge in [-0.1, -0.05) is 93.3 Å². The number of aliphatic hydroxyl groups is 1. The third-order valence-corrected chi connectivity index (χ3v) is 6.40. The molecule has 1 saturated carbocycles. The zero-order valence-electron chi connectivity index (χ0n) is 20.2. The Labute approximate surface area is 199 Å². The highest BCUT2D eigenvalue weighted by molar-refractivity contribution is 5.14. The quantitative estimate of drug-likeness (QED) is 0.376. The molecule has 0 aliphatic heterocycles. The van der Waals surface area contributed by atoms with Crippen LogP contribution < -0.4 is 5.32 Å². The number of aliphatic hydroxyl groups excluding tert-OH is 1. The summed E-state index contributed by atoms with van der Waals surface area (Å²) < 4.78 is 18.9. The average molecular weight is 456 g/mol. The second-order valence-corrected chi connectivity index (χ2v) is 9.02. The summed E-state index contributed by atoms with van der Waals surface area (Å²) in [5.41, 5.74) is 2.29. The summed E-state index contributed by atoms with van der Waals surface area (Å²) in [6, 6.07) is 20.4. The van der Waals surface area contributed by atoms with E-state index in [0.29, 0.717) is 19.8 Å². The Morgan fingerprint density at radius 1 is 0.848 bits per heavy atom. The molecule has 0 aromatic heterocycles. The Morgan fingerprint density at radius 3 is 2.03 bits per heavy atom. The lowest BCUT2D eigenvalue weighted by Gasteiger charge is -2.27. The van der Waals surface area contributed by atoms with Crippen LogP contribution >= 0.6 is 0 Å². The molecule has 5 atom stereocenters. The zero-order chi connectivity index (χ0) is 23.3. The van der Waals surface area contributed by atoms with E-state index in [1.54, 1.807) is 0 Å². The summed E-state index contributed by atoms with van der Waals surface area (Å²) in [7, 11) is 1.95. The first-order valence-corrected chi connectivity index (χ1v) is 12.5. The molecule has 2 N–H and O–H groups in total. The van der Waals surface area contributed by atoms with E-state index in [-0.39, 0.29) is 24.4 Å². The van der Waals surface area contributed by atoms with Crippen LogP contribution in [0.1, 0.15) is 56.6 Å². The molecule has 33 heavy (non-hydrogen) atoms. The molecule has 0 radical (unpaired) electrons. The van der Waals surface area contributed by atoms with Gasteiger partial charge in [0.05, 0.1) is 44.2 Å². The minimum atomic E-state index is -0.446. The van der Waals surface area contributed by atoms with E-state index in [0.717, 1.165) is 36.8 Å². The molecular formula is C28H41NO4. The Balaban J connectivity index is 1.59. The van der Waals surface area contributed by atoms with Crippen molar-refractivity contribution >= 4 is 0 Å². The van der Waals surface area contributed by atoms with Gasteiger partial charge < -0.3 is 24.6 Å². The van der Waals surface area contributed by atoms with Crippen LogP contribution in [-0.4, -0.2) is 49.2 Å². The first kappa shape index (κ1) is 25.9. The number of unbranched alkanes of at least 4 members (excludes halogenated alkanes) is 3. The molecule has 182 valence electrons. The molecule has 0 saturated heterocycles. The number of hydrogen-bond donors (Lipinski definition) is 2. The van der Waals surface area contributed by atoms with Crippen molar-refractivity contribution in [2.24, 2.45) is 0 Å². The monoisotopic (exact) mass is 455 g/mol. The van der Waals surface area contributed by atoms with Crippen LogP contribution in [-0.2, 0) is 27.4 Å². The molecule has 3 rings (SSSR count). The van der Waals surface area contributed by atoms with Crippen molar-refractivity contribution in [3.8, 4) is 0 Å². The predicted octanol–water partition coefficient (Wildman–Crippen LogP) is 4.87. The van der Waals surface area contributed by atoms with E-state index >= 15 is 0 Å². The zero-order valence-corrected chi connectivity index (χ0v) is 20.2. The summed E-state index contributed by atoms with van der Waals surface area (Å²) >= 11 is 0. The first-order chi connectivity index (χ1) is 16.2. The lowest BCUT2D eigenvalue weighted by Crippen LogP contribution is -2.46. The minimum absolute atomic E-state index is 0.00165. The van der Waals surface area contributed by atoms with Crippen LogP contribution in [0.4, 0.5) is 0 Å². The summed E-state index contributed by atoms with van der Waals surface area (Å²) in [6.07, 6.45) is 5.39. The Hall–Kier alpha value is -1.76. The van der Waals surface area contributed by atoms with Crippen molar-refractivity contribution in [3.63, 3.8) is 0 Å². The van der Waals surface area contributed by atoms with Crippen LogP contribution in [0, 0.1) is 0 Å². The standard InChI is InChI=1S/C28H41NO4/c1-3-4-5-12-17-24(30)21-33-28-26(32-20-23-15-10-7-11-16-23)18-25(27(28)29-2)31-19-22-13-8-6-9-14-22/h6-11,13-16,24-30H,3-5,12,17-21H2,1-2H3/t24?,25-,26+,27+,28+/m1/s1. The molecule has 0 amide bonds. The fraction of sp³-hybridized carbons (Fsp3) is 0.571. The second kappa shape index (κ2) is 14.5. The van der Waals surface area contributed by atoms with Crippen molar-refractivity contribution in [1.82, 2.24) is 5.32 Å². The lowest BCUT2D eigenvalue weighted by atomic mass is 10.1. The van der Waals surface area contributed by atoms with Crippen LogP contribution in [0.5, 0.6) is 0 Å². The number of rotatable bonds is 15. The summed E-state index contributed by atoms with van der Waals surface area (Å²) in [4.78, 5) is 0. The van der Waals surface area contributed by atoms with Crippen LogP contribution in [0.2, 0.25) is 0 Å². The molecule has 2 aromatic rings. The van der Waals surface area contributed by atoms with Crippen LogP contribution in [0.3, 0.4) is 0 Å². The first-order valence-electron chi connectivity index (χ1n) is 12.5. The molecule has 0 heterocycles. The number of ether oxygens (including phenoxy) is 3. The Kier molecular flexibility index (Phi) is 11.4. The number of benzene rings is 2. The molecule has 2 aromatic carbocycles. The second-order valence-electron chi connectivity index (χ2n) is 9.02. The van der Waals surface area contributed by atoms with Gasteiger partial charge in [-0.05, 0) is 24.6 Å². The third-order valence-electron chi connectivity index (χ3n) is 6.40. The fourth-order valence-electron chi connectivity index (χ4n) is 4.52. The van der Waals surface area contributed by atoms with E-state index in [4.69, 9.17) is 14.2 Å². The maximum Gasteiger partial charge on any atom is 0.102 e. The molecule has 0 spiro atoms. The summed E-state index contributed by atoms with van der Waals surface area (Å²) in [5.74, 6) is 0. The van der Waals surface area contributed by atoms with Crippen LogP contribution in [0.25, 0.3) is 0 Å². The van der Waals surface area contributed by atoms with Gasteiger partial charge in [-0.15, -0.1) is 0 Å². The Bertz CT molecular complexity index is 757. The average Bonchev–Trinajstić information content (AvgIpc) is 3.20. The normalized spacial score (nSPS) is 23.6. The topological polar surface area (TPSA) is 60.0 Å². The maximum atomic E-state index is 10.5. The van der Waals surface area contributed by atoms with Gasteiger partial charge in [-0.2, -0.15) is 0 Å². The van der Waals surface area contributed by atoms with Gasteiger partial charge in [0.2, 0.25) is 0 Å². The van der Waals surface area contributed by atoms with Gasteiger partial charge in [0.1, 0.15) is 6.10 Å². The van der Waals surface area contributed by atoms with E-state index < -0.39 is 6.10 Å². The highest BCUT2D eigenvalue weighted by Crippen LogP contribution is 2.30. The molecule has 1 aliphatic rings. The SMILES string of the molecule is CCCCCCC(O)CO[C@@H]1[C@@H](NC)[C@H](OCc2ccccc2)C[C@@H]1OCc1ccccc1. The van der Waals surface area contributed by atoms with Gasteiger partial charge in [-0.25, -0.2) is 0 Å². The molecular weight excluding hydrogens is 414 g/mol. The van der Waals surface area contributed by atoms with Gasteiger partial charge in [0, 0.05) is 6.42 Å².